The van der Waals surface area contributed by atoms with E-state index in [2.05, 4.69) is 42.3 Å². The Morgan fingerprint density at radius 3 is 2.42 bits per heavy atom. The van der Waals surface area contributed by atoms with Gasteiger partial charge in [0.05, 0.1) is 17.8 Å². The van der Waals surface area contributed by atoms with Crippen molar-refractivity contribution in [1.29, 1.82) is 0 Å². The van der Waals surface area contributed by atoms with Crippen molar-refractivity contribution in [3.8, 4) is 0 Å². The summed E-state index contributed by atoms with van der Waals surface area (Å²) < 4.78 is 5.82. The molecule has 2 aromatic rings. The molecule has 0 amide bonds. The number of benzene rings is 2. The Balaban J connectivity index is 1.64. The van der Waals surface area contributed by atoms with Gasteiger partial charge in [-0.3, -0.25) is 4.90 Å². The number of carboxylic acid groups (broad SMARTS) is 1. The quantitative estimate of drug-likeness (QED) is 0.830. The molecule has 0 bridgehead atoms. The van der Waals surface area contributed by atoms with Gasteiger partial charge in [-0.1, -0.05) is 30.3 Å². The van der Waals surface area contributed by atoms with Crippen LogP contribution in [-0.2, 0) is 17.8 Å². The van der Waals surface area contributed by atoms with E-state index in [1.54, 1.807) is 12.1 Å². The van der Waals surface area contributed by atoms with E-state index >= 15 is 0 Å². The van der Waals surface area contributed by atoms with Gasteiger partial charge in [0.25, 0.3) is 0 Å². The molecule has 2 N–H and O–H groups in total. The third-order valence-electron chi connectivity index (χ3n) is 4.59. The maximum atomic E-state index is 10.9. The molecule has 0 spiro atoms. The van der Waals surface area contributed by atoms with Crippen LogP contribution in [0, 0.1) is 0 Å². The molecule has 5 nitrogen and oxygen atoms in total. The molecule has 1 fully saturated rings. The molecular formula is C21H26N2O3. The number of anilines is 1. The van der Waals surface area contributed by atoms with Gasteiger partial charge in [-0.15, -0.1) is 0 Å². The lowest BCUT2D eigenvalue weighted by Gasteiger charge is -2.35. The molecule has 26 heavy (non-hydrogen) atoms. The van der Waals surface area contributed by atoms with Crippen LogP contribution in [0.15, 0.2) is 48.5 Å². The van der Waals surface area contributed by atoms with Crippen LogP contribution in [0.2, 0.25) is 0 Å². The Hall–Kier alpha value is -2.37. The second-order valence-corrected chi connectivity index (χ2v) is 6.96. The van der Waals surface area contributed by atoms with Crippen molar-refractivity contribution < 1.29 is 14.6 Å². The first-order valence-electron chi connectivity index (χ1n) is 9.03. The van der Waals surface area contributed by atoms with Crippen molar-refractivity contribution in [1.82, 2.24) is 4.90 Å². The lowest BCUT2D eigenvalue weighted by atomic mass is 10.1. The Labute approximate surface area is 154 Å². The molecule has 0 saturated carbocycles. The van der Waals surface area contributed by atoms with Crippen molar-refractivity contribution in [2.75, 3.05) is 18.4 Å². The highest BCUT2D eigenvalue weighted by Gasteiger charge is 2.22. The monoisotopic (exact) mass is 354 g/mol. The van der Waals surface area contributed by atoms with Crippen LogP contribution >= 0.6 is 0 Å². The van der Waals surface area contributed by atoms with Crippen LogP contribution < -0.4 is 5.32 Å². The lowest BCUT2D eigenvalue weighted by Crippen LogP contribution is -2.44. The van der Waals surface area contributed by atoms with E-state index in [0.29, 0.717) is 12.1 Å². The van der Waals surface area contributed by atoms with E-state index in [1.165, 1.54) is 5.56 Å². The maximum Gasteiger partial charge on any atom is 0.335 e. The second kappa shape index (κ2) is 8.34. The molecule has 1 heterocycles. The molecule has 0 aromatic heterocycles. The number of para-hydroxylation sites is 1. The van der Waals surface area contributed by atoms with Gasteiger partial charge in [-0.2, -0.15) is 0 Å². The smallest absolute Gasteiger partial charge is 0.335 e. The van der Waals surface area contributed by atoms with E-state index in [-0.39, 0.29) is 12.2 Å². The highest BCUT2D eigenvalue weighted by Crippen LogP contribution is 2.21. The normalized spacial score (nSPS) is 20.7. The van der Waals surface area contributed by atoms with Gasteiger partial charge in [0.15, 0.2) is 0 Å². The van der Waals surface area contributed by atoms with Gasteiger partial charge in [0, 0.05) is 31.9 Å². The Morgan fingerprint density at radius 1 is 1.12 bits per heavy atom. The van der Waals surface area contributed by atoms with E-state index in [4.69, 9.17) is 9.84 Å². The van der Waals surface area contributed by atoms with Crippen LogP contribution in [0.1, 0.15) is 35.3 Å². The molecule has 2 atom stereocenters. The molecule has 138 valence electrons. The summed E-state index contributed by atoms with van der Waals surface area (Å²) in [5.41, 5.74) is 3.74. The van der Waals surface area contributed by atoms with Gasteiger partial charge in [-0.25, -0.2) is 4.79 Å². The predicted octanol–water partition coefficient (Wildman–Crippen LogP) is 3.61. The highest BCUT2D eigenvalue weighted by molar-refractivity contribution is 5.87. The Kier molecular flexibility index (Phi) is 5.91. The molecule has 1 aliphatic rings. The molecule has 1 saturated heterocycles. The fraction of sp³-hybridized carbons (Fsp3) is 0.381. The van der Waals surface area contributed by atoms with Crippen LogP contribution in [0.4, 0.5) is 5.69 Å². The van der Waals surface area contributed by atoms with Crippen molar-refractivity contribution >= 4 is 11.7 Å². The summed E-state index contributed by atoms with van der Waals surface area (Å²) in [7, 11) is 0. The largest absolute Gasteiger partial charge is 0.478 e. The van der Waals surface area contributed by atoms with Gasteiger partial charge < -0.3 is 15.2 Å². The number of carboxylic acids is 1. The zero-order chi connectivity index (χ0) is 18.5. The summed E-state index contributed by atoms with van der Waals surface area (Å²) in [5, 5.41) is 12.5. The van der Waals surface area contributed by atoms with E-state index < -0.39 is 5.97 Å². The standard InChI is InChI=1S/C21H26N2O3/c1-15-12-23(13-16(2)26-15)14-19-5-3-4-6-20(19)22-11-17-7-9-18(10-8-17)21(24)25/h3-10,15-16,22H,11-14H2,1-2H3,(H,24,25). The number of hydrogen-bond acceptors (Lipinski definition) is 4. The summed E-state index contributed by atoms with van der Waals surface area (Å²) in [6.45, 7) is 7.66. The molecule has 5 heteroatoms. The topological polar surface area (TPSA) is 61.8 Å². The summed E-state index contributed by atoms with van der Waals surface area (Å²) in [4.78, 5) is 13.4. The van der Waals surface area contributed by atoms with Crippen LogP contribution in [-0.4, -0.2) is 41.3 Å². The van der Waals surface area contributed by atoms with E-state index in [1.807, 2.05) is 18.2 Å². The van der Waals surface area contributed by atoms with Gasteiger partial charge >= 0.3 is 5.97 Å². The Bertz CT molecular complexity index is 735. The van der Waals surface area contributed by atoms with Gasteiger partial charge in [0.2, 0.25) is 0 Å². The minimum absolute atomic E-state index is 0.256. The second-order valence-electron chi connectivity index (χ2n) is 6.96. The van der Waals surface area contributed by atoms with E-state index in [9.17, 15) is 4.79 Å². The number of aromatic carboxylic acids is 1. The first-order valence-corrected chi connectivity index (χ1v) is 9.03. The fourth-order valence-electron chi connectivity index (χ4n) is 3.45. The summed E-state index contributed by atoms with van der Waals surface area (Å²) >= 11 is 0. The third-order valence-corrected chi connectivity index (χ3v) is 4.59. The number of carbonyl (C=O) groups is 1. The number of rotatable bonds is 6. The predicted molar refractivity (Wildman–Crippen MR) is 102 cm³/mol. The van der Waals surface area contributed by atoms with Crippen molar-refractivity contribution in [3.63, 3.8) is 0 Å². The van der Waals surface area contributed by atoms with Crippen LogP contribution in [0.5, 0.6) is 0 Å². The molecule has 1 aliphatic heterocycles. The van der Waals surface area contributed by atoms with Gasteiger partial charge in [-0.05, 0) is 43.2 Å². The zero-order valence-corrected chi connectivity index (χ0v) is 15.3. The van der Waals surface area contributed by atoms with Crippen molar-refractivity contribution in [2.45, 2.75) is 39.1 Å². The number of nitrogens with zero attached hydrogens (tertiary/aromatic N) is 1. The minimum Gasteiger partial charge on any atom is -0.478 e. The third kappa shape index (κ3) is 4.84. The van der Waals surface area contributed by atoms with E-state index in [0.717, 1.165) is 30.9 Å². The van der Waals surface area contributed by atoms with Crippen molar-refractivity contribution in [2.24, 2.45) is 0 Å². The first-order chi connectivity index (χ1) is 12.5. The first kappa shape index (κ1) is 18.4. The molecule has 0 radical (unpaired) electrons. The number of hydrogen-bond donors (Lipinski definition) is 2. The average Bonchev–Trinajstić information content (AvgIpc) is 2.60. The van der Waals surface area contributed by atoms with Gasteiger partial charge in [0.1, 0.15) is 0 Å². The average molecular weight is 354 g/mol. The number of morpholine rings is 1. The zero-order valence-electron chi connectivity index (χ0n) is 15.3. The Morgan fingerprint density at radius 2 is 1.77 bits per heavy atom. The summed E-state index contributed by atoms with van der Waals surface area (Å²) in [5.74, 6) is -0.899. The van der Waals surface area contributed by atoms with Crippen LogP contribution in [0.25, 0.3) is 0 Å². The number of ether oxygens (including phenoxy) is 1. The maximum absolute atomic E-state index is 10.9. The molecule has 3 rings (SSSR count). The molecule has 0 aliphatic carbocycles. The lowest BCUT2D eigenvalue weighted by molar-refractivity contribution is -0.0704. The summed E-state index contributed by atoms with van der Waals surface area (Å²) in [6, 6.07) is 15.3. The SMILES string of the molecule is CC1CN(Cc2ccccc2NCc2ccc(C(=O)O)cc2)CC(C)O1. The van der Waals surface area contributed by atoms with Crippen LogP contribution in [0.3, 0.4) is 0 Å². The highest BCUT2D eigenvalue weighted by atomic mass is 16.5. The van der Waals surface area contributed by atoms with Crippen molar-refractivity contribution in [3.05, 3.63) is 65.2 Å². The minimum atomic E-state index is -0.899. The fourth-order valence-corrected chi connectivity index (χ4v) is 3.45. The summed E-state index contributed by atoms with van der Waals surface area (Å²) in [6.07, 6.45) is 0.512. The molecule has 2 aromatic carbocycles. The molecule has 2 unspecified atom stereocenters. The molecular weight excluding hydrogens is 328 g/mol. The number of nitrogens with one attached hydrogen (secondary N) is 1.